The van der Waals surface area contributed by atoms with Gasteiger partial charge in [0.15, 0.2) is 0 Å². The van der Waals surface area contributed by atoms with E-state index in [2.05, 4.69) is 10.6 Å². The zero-order valence-corrected chi connectivity index (χ0v) is 13.5. The lowest BCUT2D eigenvalue weighted by atomic mass is 9.93. The Bertz CT molecular complexity index is 516. The molecule has 0 saturated heterocycles. The number of aryl methyl sites for hydroxylation is 2. The number of nitrogens with one attached hydrogen (secondary N) is 2. The maximum Gasteiger partial charge on any atom is 0.315 e. The quantitative estimate of drug-likeness (QED) is 0.681. The van der Waals surface area contributed by atoms with Crippen molar-refractivity contribution < 1.29 is 19.4 Å². The van der Waals surface area contributed by atoms with Crippen LogP contribution >= 0.6 is 0 Å². The summed E-state index contributed by atoms with van der Waals surface area (Å²) in [5.74, 6) is 1.39. The highest BCUT2D eigenvalue weighted by atomic mass is 16.3. The average molecular weight is 310 g/mol. The topological polar surface area (TPSA) is 94.7 Å². The molecule has 6 heteroatoms. The number of urea groups is 1. The van der Waals surface area contributed by atoms with Gasteiger partial charge in [-0.2, -0.15) is 0 Å². The molecule has 4 N–H and O–H groups in total. The van der Waals surface area contributed by atoms with Crippen LogP contribution < -0.4 is 10.6 Å². The monoisotopic (exact) mass is 310 g/mol. The largest absolute Gasteiger partial charge is 0.466 e. The number of carbonyl (C=O) groups is 1. The van der Waals surface area contributed by atoms with Crippen LogP contribution in [0, 0.1) is 13.8 Å². The Kier molecular flexibility index (Phi) is 5.13. The fourth-order valence-corrected chi connectivity index (χ4v) is 2.97. The number of hydrogen-bond acceptors (Lipinski definition) is 4. The Balaban J connectivity index is 1.83. The van der Waals surface area contributed by atoms with Crippen LogP contribution in [0.25, 0.3) is 0 Å². The minimum Gasteiger partial charge on any atom is -0.466 e. The summed E-state index contributed by atoms with van der Waals surface area (Å²) in [6, 6.07) is 1.59. The van der Waals surface area contributed by atoms with Crippen molar-refractivity contribution in [2.45, 2.75) is 64.2 Å². The van der Waals surface area contributed by atoms with E-state index < -0.39 is 5.60 Å². The van der Waals surface area contributed by atoms with Crippen molar-refractivity contribution in [3.63, 3.8) is 0 Å². The minimum absolute atomic E-state index is 0.0891. The summed E-state index contributed by atoms with van der Waals surface area (Å²) in [5.41, 5.74) is -0.492. The lowest BCUT2D eigenvalue weighted by Gasteiger charge is -2.27. The van der Waals surface area contributed by atoms with E-state index in [-0.39, 0.29) is 24.7 Å². The van der Waals surface area contributed by atoms with Crippen molar-refractivity contribution >= 4 is 6.03 Å². The molecule has 2 amide bonds. The second kappa shape index (κ2) is 6.71. The van der Waals surface area contributed by atoms with Gasteiger partial charge in [-0.3, -0.25) is 0 Å². The lowest BCUT2D eigenvalue weighted by Crippen LogP contribution is -2.47. The summed E-state index contributed by atoms with van der Waals surface area (Å²) in [4.78, 5) is 11.9. The van der Waals surface area contributed by atoms with Crippen LogP contribution in [-0.2, 0) is 5.60 Å². The minimum atomic E-state index is -1.18. The zero-order chi connectivity index (χ0) is 16.3. The van der Waals surface area contributed by atoms with E-state index in [1.165, 1.54) is 0 Å². The van der Waals surface area contributed by atoms with E-state index in [1.54, 1.807) is 19.9 Å². The molecule has 0 spiro atoms. The molecule has 1 atom stereocenters. The van der Waals surface area contributed by atoms with E-state index in [0.717, 1.165) is 31.4 Å². The van der Waals surface area contributed by atoms with Gasteiger partial charge in [0.25, 0.3) is 0 Å². The zero-order valence-electron chi connectivity index (χ0n) is 13.5. The Hall–Kier alpha value is -1.53. The van der Waals surface area contributed by atoms with Crippen molar-refractivity contribution in [2.24, 2.45) is 0 Å². The van der Waals surface area contributed by atoms with Gasteiger partial charge in [-0.15, -0.1) is 0 Å². The standard InChI is InChI=1S/C16H26N2O4/c1-10-8-14(11(2)22-10)16(3,21)9-17-15(20)18-12-4-6-13(19)7-5-12/h8,12-13,19,21H,4-7,9H2,1-3H3,(H2,17,18,20). The predicted octanol–water partition coefficient (Wildman–Crippen LogP) is 1.71. The molecule has 22 heavy (non-hydrogen) atoms. The van der Waals surface area contributed by atoms with Crippen molar-refractivity contribution in [1.82, 2.24) is 10.6 Å². The second-order valence-electron chi connectivity index (χ2n) is 6.43. The van der Waals surface area contributed by atoms with E-state index in [4.69, 9.17) is 4.42 Å². The highest BCUT2D eigenvalue weighted by molar-refractivity contribution is 5.74. The van der Waals surface area contributed by atoms with Crippen LogP contribution in [0.5, 0.6) is 0 Å². The predicted molar refractivity (Wildman–Crippen MR) is 82.6 cm³/mol. The SMILES string of the molecule is Cc1cc(C(C)(O)CNC(=O)NC2CCC(O)CC2)c(C)o1. The Morgan fingerprint density at radius 3 is 2.55 bits per heavy atom. The number of furan rings is 1. The lowest BCUT2D eigenvalue weighted by molar-refractivity contribution is 0.0575. The highest BCUT2D eigenvalue weighted by Crippen LogP contribution is 2.26. The molecule has 0 radical (unpaired) electrons. The fraction of sp³-hybridized carbons (Fsp3) is 0.688. The van der Waals surface area contributed by atoms with Crippen LogP contribution in [0.2, 0.25) is 0 Å². The average Bonchev–Trinajstić information content (AvgIpc) is 2.79. The summed E-state index contributed by atoms with van der Waals surface area (Å²) in [6.45, 7) is 5.38. The van der Waals surface area contributed by atoms with Crippen LogP contribution in [0.4, 0.5) is 4.79 Å². The van der Waals surface area contributed by atoms with E-state index >= 15 is 0 Å². The number of aliphatic hydroxyl groups excluding tert-OH is 1. The first-order valence-electron chi connectivity index (χ1n) is 7.80. The summed E-state index contributed by atoms with van der Waals surface area (Å²) in [6.07, 6.45) is 2.76. The third-order valence-corrected chi connectivity index (χ3v) is 4.25. The first-order chi connectivity index (χ1) is 10.3. The molecule has 1 saturated carbocycles. The number of amides is 2. The molecule has 1 fully saturated rings. The van der Waals surface area contributed by atoms with Gasteiger partial charge in [0.2, 0.25) is 0 Å². The molecule has 1 heterocycles. The molecular weight excluding hydrogens is 284 g/mol. The molecule has 1 aliphatic rings. The van der Waals surface area contributed by atoms with Crippen molar-refractivity contribution in [1.29, 1.82) is 0 Å². The smallest absolute Gasteiger partial charge is 0.315 e. The van der Waals surface area contributed by atoms with E-state index in [1.807, 2.05) is 6.92 Å². The molecular formula is C16H26N2O4. The molecule has 0 bridgehead atoms. The number of hydrogen-bond donors (Lipinski definition) is 4. The van der Waals surface area contributed by atoms with E-state index in [9.17, 15) is 15.0 Å². The van der Waals surface area contributed by atoms with Gasteiger partial charge < -0.3 is 25.3 Å². The molecule has 6 nitrogen and oxygen atoms in total. The Morgan fingerprint density at radius 1 is 1.36 bits per heavy atom. The Labute approximate surface area is 130 Å². The molecule has 1 aliphatic carbocycles. The summed E-state index contributed by atoms with van der Waals surface area (Å²) in [7, 11) is 0. The maximum absolute atomic E-state index is 11.9. The summed E-state index contributed by atoms with van der Waals surface area (Å²) < 4.78 is 5.43. The van der Waals surface area contributed by atoms with Crippen LogP contribution in [0.3, 0.4) is 0 Å². The van der Waals surface area contributed by atoms with Gasteiger partial charge in [0.05, 0.1) is 12.6 Å². The molecule has 0 aromatic carbocycles. The number of rotatable bonds is 4. The normalized spacial score (nSPS) is 24.6. The number of carbonyl (C=O) groups excluding carboxylic acids is 1. The van der Waals surface area contributed by atoms with Crippen molar-refractivity contribution in [3.05, 3.63) is 23.2 Å². The highest BCUT2D eigenvalue weighted by Gasteiger charge is 2.28. The molecule has 1 unspecified atom stereocenters. The third kappa shape index (κ3) is 4.24. The van der Waals surface area contributed by atoms with E-state index in [0.29, 0.717) is 11.3 Å². The van der Waals surface area contributed by atoms with Gasteiger partial charge in [0, 0.05) is 11.6 Å². The second-order valence-corrected chi connectivity index (χ2v) is 6.43. The van der Waals surface area contributed by atoms with Gasteiger partial charge in [-0.25, -0.2) is 4.79 Å². The van der Waals surface area contributed by atoms with Gasteiger partial charge in [-0.05, 0) is 52.5 Å². The summed E-state index contributed by atoms with van der Waals surface area (Å²) >= 11 is 0. The first kappa shape index (κ1) is 16.8. The molecule has 1 aromatic heterocycles. The van der Waals surface area contributed by atoms with Crippen LogP contribution in [0.15, 0.2) is 10.5 Å². The maximum atomic E-state index is 11.9. The first-order valence-corrected chi connectivity index (χ1v) is 7.80. The van der Waals surface area contributed by atoms with Crippen LogP contribution in [0.1, 0.15) is 49.7 Å². The van der Waals surface area contributed by atoms with Gasteiger partial charge in [0.1, 0.15) is 17.1 Å². The fourth-order valence-electron chi connectivity index (χ4n) is 2.97. The molecule has 124 valence electrons. The number of aliphatic hydroxyl groups is 2. The molecule has 0 aliphatic heterocycles. The third-order valence-electron chi connectivity index (χ3n) is 4.25. The summed E-state index contributed by atoms with van der Waals surface area (Å²) in [5, 5.41) is 25.6. The van der Waals surface area contributed by atoms with Crippen molar-refractivity contribution in [3.8, 4) is 0 Å². The van der Waals surface area contributed by atoms with Gasteiger partial charge >= 0.3 is 6.03 Å². The van der Waals surface area contributed by atoms with Crippen molar-refractivity contribution in [2.75, 3.05) is 6.54 Å². The van der Waals surface area contributed by atoms with Gasteiger partial charge in [-0.1, -0.05) is 0 Å². The van der Waals surface area contributed by atoms with Crippen LogP contribution in [-0.4, -0.2) is 34.9 Å². The molecule has 1 aromatic rings. The molecule has 2 rings (SSSR count). The Morgan fingerprint density at radius 2 is 2.00 bits per heavy atom.